The maximum atomic E-state index is 11.6. The molecule has 1 rings (SSSR count). The van der Waals surface area contributed by atoms with Crippen molar-refractivity contribution in [2.75, 3.05) is 6.61 Å². The van der Waals surface area contributed by atoms with Crippen molar-refractivity contribution < 1.29 is 24.2 Å². The zero-order chi connectivity index (χ0) is 13.7. The molecule has 1 heterocycles. The van der Waals surface area contributed by atoms with Crippen molar-refractivity contribution in [1.82, 2.24) is 4.98 Å². The molecule has 98 valence electrons. The summed E-state index contributed by atoms with van der Waals surface area (Å²) in [6.07, 6.45) is 0.680. The Morgan fingerprint density at radius 1 is 1.44 bits per heavy atom. The van der Waals surface area contributed by atoms with Crippen LogP contribution in [0, 0.1) is 6.92 Å². The predicted octanol–water partition coefficient (Wildman–Crippen LogP) is 1.33. The Kier molecular flexibility index (Phi) is 4.65. The first-order chi connectivity index (χ1) is 8.51. The van der Waals surface area contributed by atoms with E-state index in [2.05, 4.69) is 4.98 Å². The van der Waals surface area contributed by atoms with Crippen LogP contribution in [0.3, 0.4) is 0 Å². The zero-order valence-corrected chi connectivity index (χ0v) is 10.3. The number of aromatic amines is 1. The molecule has 0 aliphatic carbocycles. The molecule has 0 unspecified atom stereocenters. The minimum absolute atomic E-state index is 0.0954. The van der Waals surface area contributed by atoms with Gasteiger partial charge in [0.05, 0.1) is 12.3 Å². The Balaban J connectivity index is 3.05. The van der Waals surface area contributed by atoms with Gasteiger partial charge in [-0.25, -0.2) is 4.79 Å². The van der Waals surface area contributed by atoms with E-state index in [1.54, 1.807) is 13.8 Å². The van der Waals surface area contributed by atoms with E-state index in [1.165, 1.54) is 0 Å². The highest BCUT2D eigenvalue weighted by atomic mass is 16.5. The van der Waals surface area contributed by atoms with Gasteiger partial charge in [0.1, 0.15) is 5.69 Å². The van der Waals surface area contributed by atoms with Gasteiger partial charge < -0.3 is 14.8 Å². The number of carboxylic acids is 1. The summed E-state index contributed by atoms with van der Waals surface area (Å²) in [7, 11) is 0. The van der Waals surface area contributed by atoms with Crippen LogP contribution in [0.15, 0.2) is 0 Å². The van der Waals surface area contributed by atoms with Crippen LogP contribution in [-0.2, 0) is 16.0 Å². The van der Waals surface area contributed by atoms with Crippen LogP contribution in [0.5, 0.6) is 0 Å². The summed E-state index contributed by atoms with van der Waals surface area (Å²) in [6, 6.07) is 0. The highest BCUT2D eigenvalue weighted by molar-refractivity contribution is 5.92. The second-order valence-corrected chi connectivity index (χ2v) is 3.75. The number of H-pyrrole nitrogens is 1. The number of carbonyl (C=O) groups excluding carboxylic acids is 2. The zero-order valence-electron chi connectivity index (χ0n) is 10.3. The minimum atomic E-state index is -0.954. The summed E-state index contributed by atoms with van der Waals surface area (Å²) in [6.45, 7) is 3.58. The molecule has 0 atom stereocenters. The van der Waals surface area contributed by atoms with E-state index in [-0.39, 0.29) is 30.8 Å². The molecule has 0 saturated carbocycles. The van der Waals surface area contributed by atoms with Crippen LogP contribution in [-0.4, -0.2) is 34.9 Å². The maximum Gasteiger partial charge on any atom is 0.355 e. The second-order valence-electron chi connectivity index (χ2n) is 3.75. The number of hydrogen-bond donors (Lipinski definition) is 2. The second kappa shape index (κ2) is 6.00. The number of nitrogens with one attached hydrogen (secondary N) is 1. The third kappa shape index (κ3) is 2.97. The molecule has 2 N–H and O–H groups in total. The van der Waals surface area contributed by atoms with Gasteiger partial charge in [-0.3, -0.25) is 9.59 Å². The topological polar surface area (TPSA) is 96.5 Å². The summed E-state index contributed by atoms with van der Waals surface area (Å²) in [5, 5.41) is 8.64. The first-order valence-electron chi connectivity index (χ1n) is 5.56. The lowest BCUT2D eigenvalue weighted by molar-refractivity contribution is -0.136. The fraction of sp³-hybridized carbons (Fsp3) is 0.417. The van der Waals surface area contributed by atoms with Gasteiger partial charge >= 0.3 is 11.9 Å². The van der Waals surface area contributed by atoms with Gasteiger partial charge in [0.2, 0.25) is 0 Å². The lowest BCUT2D eigenvalue weighted by atomic mass is 10.0. The number of rotatable bonds is 6. The first kappa shape index (κ1) is 14.0. The van der Waals surface area contributed by atoms with E-state index in [1.807, 2.05) is 0 Å². The smallest absolute Gasteiger partial charge is 0.355 e. The highest BCUT2D eigenvalue weighted by Crippen LogP contribution is 2.19. The largest absolute Gasteiger partial charge is 0.481 e. The quantitative estimate of drug-likeness (QED) is 0.589. The van der Waals surface area contributed by atoms with E-state index in [9.17, 15) is 14.4 Å². The number of aldehydes is 1. The van der Waals surface area contributed by atoms with Crippen molar-refractivity contribution in [3.05, 3.63) is 22.5 Å². The van der Waals surface area contributed by atoms with Crippen molar-refractivity contribution >= 4 is 18.2 Å². The Morgan fingerprint density at radius 3 is 2.61 bits per heavy atom. The normalized spacial score (nSPS) is 10.1. The van der Waals surface area contributed by atoms with Crippen molar-refractivity contribution in [1.29, 1.82) is 0 Å². The van der Waals surface area contributed by atoms with E-state index < -0.39 is 11.9 Å². The van der Waals surface area contributed by atoms with Gasteiger partial charge in [-0.1, -0.05) is 0 Å². The lowest BCUT2D eigenvalue weighted by Gasteiger charge is -2.01. The molecule has 0 spiro atoms. The third-order valence-corrected chi connectivity index (χ3v) is 2.60. The van der Waals surface area contributed by atoms with Crippen LogP contribution in [0.25, 0.3) is 0 Å². The Hall–Kier alpha value is -2.11. The van der Waals surface area contributed by atoms with Gasteiger partial charge in [-0.15, -0.1) is 0 Å². The summed E-state index contributed by atoms with van der Waals surface area (Å²) in [5.74, 6) is -1.50. The van der Waals surface area contributed by atoms with Gasteiger partial charge in [0, 0.05) is 6.42 Å². The molecular weight excluding hydrogens is 238 g/mol. The monoisotopic (exact) mass is 253 g/mol. The summed E-state index contributed by atoms with van der Waals surface area (Å²) in [4.78, 5) is 35.7. The highest BCUT2D eigenvalue weighted by Gasteiger charge is 2.20. The van der Waals surface area contributed by atoms with Crippen molar-refractivity contribution in [3.63, 3.8) is 0 Å². The van der Waals surface area contributed by atoms with Gasteiger partial charge in [0.15, 0.2) is 6.29 Å². The molecule has 0 aliphatic rings. The molecule has 0 saturated heterocycles. The summed E-state index contributed by atoms with van der Waals surface area (Å²) in [5.41, 5.74) is 1.56. The molecule has 6 heteroatoms. The summed E-state index contributed by atoms with van der Waals surface area (Å²) >= 11 is 0. The molecule has 6 nitrogen and oxygen atoms in total. The van der Waals surface area contributed by atoms with Crippen LogP contribution >= 0.6 is 0 Å². The third-order valence-electron chi connectivity index (χ3n) is 2.60. The number of esters is 1. The number of ether oxygens (including phenoxy) is 1. The van der Waals surface area contributed by atoms with Crippen LogP contribution in [0.4, 0.5) is 0 Å². The van der Waals surface area contributed by atoms with Crippen LogP contribution in [0.2, 0.25) is 0 Å². The van der Waals surface area contributed by atoms with Gasteiger partial charge in [-0.2, -0.15) is 0 Å². The fourth-order valence-corrected chi connectivity index (χ4v) is 1.72. The summed E-state index contributed by atoms with van der Waals surface area (Å²) < 4.78 is 4.84. The lowest BCUT2D eigenvalue weighted by Crippen LogP contribution is -2.07. The van der Waals surface area contributed by atoms with E-state index in [0.717, 1.165) is 0 Å². The molecule has 0 aromatic carbocycles. The Bertz CT molecular complexity index is 475. The molecule has 0 bridgehead atoms. The van der Waals surface area contributed by atoms with Crippen LogP contribution < -0.4 is 0 Å². The molecule has 0 radical (unpaired) electrons. The molecule has 18 heavy (non-hydrogen) atoms. The number of hydrogen-bond acceptors (Lipinski definition) is 4. The molecule has 1 aromatic heterocycles. The average molecular weight is 253 g/mol. The van der Waals surface area contributed by atoms with E-state index >= 15 is 0 Å². The Labute approximate surface area is 104 Å². The maximum absolute atomic E-state index is 11.6. The van der Waals surface area contributed by atoms with Crippen molar-refractivity contribution in [3.8, 4) is 0 Å². The van der Waals surface area contributed by atoms with E-state index in [4.69, 9.17) is 9.84 Å². The predicted molar refractivity (Wildman–Crippen MR) is 62.8 cm³/mol. The van der Waals surface area contributed by atoms with Crippen molar-refractivity contribution in [2.24, 2.45) is 0 Å². The number of aliphatic carboxylic acids is 1. The molecule has 0 aliphatic heterocycles. The molecule has 0 amide bonds. The van der Waals surface area contributed by atoms with E-state index in [0.29, 0.717) is 17.4 Å². The molecule has 0 fully saturated rings. The fourth-order valence-electron chi connectivity index (χ4n) is 1.72. The minimum Gasteiger partial charge on any atom is -0.481 e. The Morgan fingerprint density at radius 2 is 2.11 bits per heavy atom. The average Bonchev–Trinajstić information content (AvgIpc) is 2.63. The van der Waals surface area contributed by atoms with Gasteiger partial charge in [-0.05, 0) is 31.4 Å². The van der Waals surface area contributed by atoms with Crippen molar-refractivity contribution in [2.45, 2.75) is 26.7 Å². The van der Waals surface area contributed by atoms with Gasteiger partial charge in [0.25, 0.3) is 0 Å². The first-order valence-corrected chi connectivity index (χ1v) is 5.56. The van der Waals surface area contributed by atoms with Crippen LogP contribution in [0.1, 0.15) is 45.4 Å². The standard InChI is InChI=1S/C12H15NO5/c1-3-18-12(17)11-7(2)8(4-5-10(15)16)9(6-14)13-11/h6,13H,3-5H2,1-2H3,(H,15,16). The SMILES string of the molecule is CCOC(=O)c1[nH]c(C=O)c(CCC(=O)O)c1C. The number of carbonyl (C=O) groups is 3. The molecular formula is C12H15NO5. The number of aromatic nitrogens is 1. The number of carboxylic acid groups (broad SMARTS) is 1. The molecule has 1 aromatic rings.